The summed E-state index contributed by atoms with van der Waals surface area (Å²) in [4.78, 5) is 4.25. The Labute approximate surface area is 165 Å². The van der Waals surface area contributed by atoms with Crippen LogP contribution in [0.2, 0.25) is 0 Å². The highest BCUT2D eigenvalue weighted by atomic mass is 35.5. The Bertz CT molecular complexity index is 937. The minimum atomic E-state index is -3.59. The van der Waals surface area contributed by atoms with Crippen LogP contribution in [-0.4, -0.2) is 26.0 Å². The van der Waals surface area contributed by atoms with E-state index in [0.717, 1.165) is 16.3 Å². The number of hydrogen-bond donors (Lipinski definition) is 2. The molecule has 0 unspecified atom stereocenters. The fraction of sp³-hybridized carbons (Fsp3) is 0.167. The molecule has 1 aromatic heterocycles. The van der Waals surface area contributed by atoms with Gasteiger partial charge in [0.25, 0.3) is 0 Å². The third-order valence-corrected chi connectivity index (χ3v) is 5.22. The van der Waals surface area contributed by atoms with E-state index in [4.69, 9.17) is 5.73 Å². The van der Waals surface area contributed by atoms with Crippen LogP contribution in [0.4, 0.5) is 0 Å². The van der Waals surface area contributed by atoms with Crippen molar-refractivity contribution in [3.63, 3.8) is 0 Å². The Morgan fingerprint density at radius 2 is 1.73 bits per heavy atom. The maximum absolute atomic E-state index is 12.5. The van der Waals surface area contributed by atoms with Crippen molar-refractivity contribution in [2.24, 2.45) is 5.73 Å². The molecule has 0 aliphatic rings. The number of halogens is 2. The monoisotopic (exact) mass is 413 g/mol. The highest BCUT2D eigenvalue weighted by Crippen LogP contribution is 2.18. The molecule has 8 heteroatoms. The average Bonchev–Trinajstić information content (AvgIpc) is 2.60. The minimum absolute atomic E-state index is 0. The molecule has 2 aromatic carbocycles. The van der Waals surface area contributed by atoms with Gasteiger partial charge in [-0.05, 0) is 35.6 Å². The summed E-state index contributed by atoms with van der Waals surface area (Å²) in [6.45, 7) is 0.186. The molecule has 140 valence electrons. The lowest BCUT2D eigenvalue weighted by Crippen LogP contribution is -2.38. The number of hydrogen-bond acceptors (Lipinski definition) is 4. The van der Waals surface area contributed by atoms with E-state index in [1.165, 1.54) is 0 Å². The van der Waals surface area contributed by atoms with E-state index < -0.39 is 10.0 Å². The highest BCUT2D eigenvalue weighted by molar-refractivity contribution is 7.89. The van der Waals surface area contributed by atoms with Crippen LogP contribution < -0.4 is 10.5 Å². The molecule has 26 heavy (non-hydrogen) atoms. The average molecular weight is 414 g/mol. The van der Waals surface area contributed by atoms with Crippen LogP contribution >= 0.6 is 24.8 Å². The molecule has 0 aliphatic heterocycles. The summed E-state index contributed by atoms with van der Waals surface area (Å²) < 4.78 is 27.5. The fourth-order valence-electron chi connectivity index (χ4n) is 2.52. The predicted molar refractivity (Wildman–Crippen MR) is 110 cm³/mol. The van der Waals surface area contributed by atoms with Gasteiger partial charge in [0.1, 0.15) is 0 Å². The number of fused-ring (bicyclic) bond motifs is 1. The lowest BCUT2D eigenvalue weighted by Gasteiger charge is -2.13. The van der Waals surface area contributed by atoms with Gasteiger partial charge in [0.15, 0.2) is 0 Å². The lowest BCUT2D eigenvalue weighted by atomic mass is 10.1. The first kappa shape index (κ1) is 22.3. The van der Waals surface area contributed by atoms with Gasteiger partial charge in [0.05, 0.1) is 4.90 Å². The molecule has 1 heterocycles. The van der Waals surface area contributed by atoms with Gasteiger partial charge in [-0.3, -0.25) is 4.98 Å². The fourth-order valence-corrected chi connectivity index (χ4v) is 3.65. The summed E-state index contributed by atoms with van der Waals surface area (Å²) in [5, 5.41) is 1.73. The van der Waals surface area contributed by atoms with Gasteiger partial charge in [-0.2, -0.15) is 0 Å². The van der Waals surface area contributed by atoms with Crippen LogP contribution in [0, 0.1) is 0 Å². The molecular weight excluding hydrogens is 393 g/mol. The van der Waals surface area contributed by atoms with Crippen LogP contribution in [0.5, 0.6) is 0 Å². The summed E-state index contributed by atoms with van der Waals surface area (Å²) in [6.07, 6.45) is 3.96. The Kier molecular flexibility index (Phi) is 8.46. The zero-order valence-electron chi connectivity index (χ0n) is 13.9. The smallest absolute Gasteiger partial charge is 0.240 e. The predicted octanol–water partition coefficient (Wildman–Crippen LogP) is 2.93. The van der Waals surface area contributed by atoms with Crippen molar-refractivity contribution in [2.45, 2.75) is 17.4 Å². The van der Waals surface area contributed by atoms with E-state index in [0.29, 0.717) is 6.42 Å². The molecule has 0 bridgehead atoms. The molecule has 0 aliphatic carbocycles. The SMILES string of the molecule is Cl.Cl.N[C@H](CNS(=O)(=O)c1ccc2cnccc2c1)Cc1ccccc1. The molecule has 3 N–H and O–H groups in total. The first-order valence-corrected chi connectivity index (χ1v) is 9.16. The third-order valence-electron chi connectivity index (χ3n) is 3.80. The molecular formula is C18H21Cl2N3O2S. The van der Waals surface area contributed by atoms with Gasteiger partial charge < -0.3 is 5.73 Å². The van der Waals surface area contributed by atoms with E-state index in [-0.39, 0.29) is 42.3 Å². The van der Waals surface area contributed by atoms with Gasteiger partial charge in [-0.25, -0.2) is 13.1 Å². The molecule has 0 radical (unpaired) electrons. The molecule has 0 saturated carbocycles. The van der Waals surface area contributed by atoms with Gasteiger partial charge in [0.2, 0.25) is 10.0 Å². The van der Waals surface area contributed by atoms with Crippen molar-refractivity contribution in [1.82, 2.24) is 9.71 Å². The number of aromatic nitrogens is 1. The Morgan fingerprint density at radius 1 is 1.00 bits per heavy atom. The van der Waals surface area contributed by atoms with Crippen molar-refractivity contribution >= 4 is 45.6 Å². The van der Waals surface area contributed by atoms with Crippen LogP contribution in [0.1, 0.15) is 5.56 Å². The Balaban J connectivity index is 0.00000169. The minimum Gasteiger partial charge on any atom is -0.326 e. The van der Waals surface area contributed by atoms with Crippen LogP contribution in [0.25, 0.3) is 10.8 Å². The largest absolute Gasteiger partial charge is 0.326 e. The number of rotatable bonds is 6. The molecule has 0 spiro atoms. The number of sulfonamides is 1. The maximum atomic E-state index is 12.5. The topological polar surface area (TPSA) is 85.1 Å². The van der Waals surface area contributed by atoms with E-state index in [9.17, 15) is 8.42 Å². The van der Waals surface area contributed by atoms with E-state index in [1.54, 1.807) is 36.7 Å². The number of nitrogens with zero attached hydrogens (tertiary/aromatic N) is 1. The molecule has 0 fully saturated rings. The van der Waals surface area contributed by atoms with Gasteiger partial charge >= 0.3 is 0 Å². The van der Waals surface area contributed by atoms with E-state index >= 15 is 0 Å². The number of nitrogens with two attached hydrogens (primary N) is 1. The van der Waals surface area contributed by atoms with Gasteiger partial charge in [-0.15, -0.1) is 24.8 Å². The molecule has 0 saturated heterocycles. The number of pyridine rings is 1. The molecule has 1 atom stereocenters. The first-order valence-electron chi connectivity index (χ1n) is 7.67. The molecule has 3 aromatic rings. The van der Waals surface area contributed by atoms with Crippen molar-refractivity contribution in [3.8, 4) is 0 Å². The van der Waals surface area contributed by atoms with Crippen molar-refractivity contribution in [1.29, 1.82) is 0 Å². The second kappa shape index (κ2) is 9.85. The summed E-state index contributed by atoms with van der Waals surface area (Å²) >= 11 is 0. The Morgan fingerprint density at radius 3 is 2.46 bits per heavy atom. The second-order valence-corrected chi connectivity index (χ2v) is 7.45. The molecule has 5 nitrogen and oxygen atoms in total. The van der Waals surface area contributed by atoms with Crippen molar-refractivity contribution in [2.75, 3.05) is 6.54 Å². The van der Waals surface area contributed by atoms with Gasteiger partial charge in [0, 0.05) is 30.4 Å². The first-order chi connectivity index (χ1) is 11.5. The van der Waals surface area contributed by atoms with Crippen LogP contribution in [0.3, 0.4) is 0 Å². The van der Waals surface area contributed by atoms with Crippen LogP contribution in [-0.2, 0) is 16.4 Å². The quantitative estimate of drug-likeness (QED) is 0.650. The zero-order chi connectivity index (χ0) is 17.0. The van der Waals surface area contributed by atoms with Crippen molar-refractivity contribution in [3.05, 3.63) is 72.6 Å². The van der Waals surface area contributed by atoms with E-state index in [1.807, 2.05) is 30.3 Å². The Hall–Kier alpha value is -1.70. The third kappa shape index (κ3) is 5.65. The summed E-state index contributed by atoms with van der Waals surface area (Å²) in [5.41, 5.74) is 7.13. The second-order valence-electron chi connectivity index (χ2n) is 5.69. The highest BCUT2D eigenvalue weighted by Gasteiger charge is 2.16. The normalized spacial score (nSPS) is 12.0. The van der Waals surface area contributed by atoms with Crippen molar-refractivity contribution < 1.29 is 8.42 Å². The maximum Gasteiger partial charge on any atom is 0.240 e. The standard InChI is InChI=1S/C18H19N3O2S.2ClH/c19-17(10-14-4-2-1-3-5-14)13-21-24(22,23)18-7-6-16-12-20-9-8-15(16)11-18;;/h1-9,11-12,17,21H,10,13,19H2;2*1H/t17-;;/m0../s1. The summed E-state index contributed by atoms with van der Waals surface area (Å²) in [7, 11) is -3.59. The molecule has 3 rings (SSSR count). The van der Waals surface area contributed by atoms with Gasteiger partial charge in [-0.1, -0.05) is 36.4 Å². The number of benzene rings is 2. The number of nitrogens with one attached hydrogen (secondary N) is 1. The molecule has 0 amide bonds. The lowest BCUT2D eigenvalue weighted by molar-refractivity contribution is 0.567. The van der Waals surface area contributed by atoms with E-state index in [2.05, 4.69) is 9.71 Å². The van der Waals surface area contributed by atoms with Crippen LogP contribution in [0.15, 0.2) is 71.9 Å². The summed E-state index contributed by atoms with van der Waals surface area (Å²) in [6, 6.07) is 16.2. The zero-order valence-corrected chi connectivity index (χ0v) is 16.4. The summed E-state index contributed by atoms with van der Waals surface area (Å²) in [5.74, 6) is 0.